The molecule has 3 aromatic heterocycles. The van der Waals surface area contributed by atoms with Gasteiger partial charge in [-0.1, -0.05) is 133 Å². The fourth-order valence-electron chi connectivity index (χ4n) is 9.59. The molecule has 0 spiro atoms. The summed E-state index contributed by atoms with van der Waals surface area (Å²) in [6, 6.07) is 37.0. The zero-order chi connectivity index (χ0) is 47.5. The number of nitrogens with zero attached hydrogens (tertiary/aromatic N) is 2. The highest BCUT2D eigenvalue weighted by Crippen LogP contribution is 2.40. The van der Waals surface area contributed by atoms with Gasteiger partial charge in [0.25, 0.3) is 0 Å². The summed E-state index contributed by atoms with van der Waals surface area (Å²) in [6.07, 6.45) is 24.4. The maximum Gasteiger partial charge on any atom is 0.311 e. The topological polar surface area (TPSA) is 144 Å². The Bertz CT molecular complexity index is 3150. The van der Waals surface area contributed by atoms with Gasteiger partial charge in [0.15, 0.2) is 0 Å². The summed E-state index contributed by atoms with van der Waals surface area (Å²) in [5.41, 5.74) is 11.8. The second-order valence-corrected chi connectivity index (χ2v) is 18.1. The zero-order valence-electron chi connectivity index (χ0n) is 39.3. The minimum absolute atomic E-state index is 0.122. The number of carbonyl (C=O) groups is 1. The molecule has 0 amide bonds. The summed E-state index contributed by atoms with van der Waals surface area (Å²) in [5.74, 6) is 0.572. The molecule has 0 aliphatic carbocycles. The van der Waals surface area contributed by atoms with E-state index in [0.29, 0.717) is 34.9 Å². The first-order valence-corrected chi connectivity index (χ1v) is 24.7. The van der Waals surface area contributed by atoms with Crippen molar-refractivity contribution in [2.45, 2.75) is 96.8 Å². The summed E-state index contributed by atoms with van der Waals surface area (Å²) in [5, 5.41) is 32.2. The number of unbranched alkanes of at least 4 members (excludes halogenated alkanes) is 12. The molecule has 0 saturated carbocycles. The summed E-state index contributed by atoms with van der Waals surface area (Å²) >= 11 is 0. The molecule has 9 heteroatoms. The minimum Gasteiger partial charge on any atom is -0.508 e. The fourth-order valence-corrected chi connectivity index (χ4v) is 9.59. The lowest BCUT2D eigenvalue weighted by Crippen LogP contribution is -2.07. The van der Waals surface area contributed by atoms with E-state index in [2.05, 4.69) is 16.9 Å². The first kappa shape index (κ1) is 46.5. The third-order valence-electron chi connectivity index (χ3n) is 13.0. The standard InChI is InChI=1S/C60H60N4O5/c1-2-3-4-5-6-7-8-9-10-11-12-13-14-27-56(68)69-47-26-18-22-43(39-47)60-54-34-32-52(63-54)58(41-20-16-24-45(66)37-41)50-30-28-48(61-50)57(40-19-15-23-44(65)36-40)49-29-31-51(62-49)59(53-33-35-55(60)64-53)42-21-17-25-46(67)38-42/h15-26,28-39,61,64-67H,2-14,27H2,1H3. The second-order valence-electron chi connectivity index (χ2n) is 18.1. The van der Waals surface area contributed by atoms with Crippen molar-refractivity contribution in [3.05, 3.63) is 144 Å². The van der Waals surface area contributed by atoms with Crippen molar-refractivity contribution in [2.24, 2.45) is 0 Å². The van der Waals surface area contributed by atoms with Crippen LogP contribution in [0.25, 0.3) is 90.9 Å². The van der Waals surface area contributed by atoms with E-state index in [4.69, 9.17) is 14.7 Å². The van der Waals surface area contributed by atoms with Gasteiger partial charge in [-0.2, -0.15) is 0 Å². The maximum absolute atomic E-state index is 13.3. The van der Waals surface area contributed by atoms with Crippen LogP contribution in [0.2, 0.25) is 0 Å². The SMILES string of the molecule is CCCCCCCCCCCCCCCC(=O)Oc1cccc(-c2c3nc(c(-c4cccc(O)c4)c4ccc([nH]4)c(-c4cccc(O)c4)c4nc(c(-c5cccc(O)c5)c5ccc2[nH]5)C=C4)C=C3)c1. The van der Waals surface area contributed by atoms with Crippen molar-refractivity contribution < 1.29 is 24.9 Å². The van der Waals surface area contributed by atoms with Crippen molar-refractivity contribution >= 4 is 52.3 Å². The van der Waals surface area contributed by atoms with Crippen LogP contribution in [0, 0.1) is 0 Å². The molecule has 350 valence electrons. The minimum atomic E-state index is -0.249. The Balaban J connectivity index is 1.11. The van der Waals surface area contributed by atoms with Crippen molar-refractivity contribution in [1.29, 1.82) is 0 Å². The van der Waals surface area contributed by atoms with Crippen molar-refractivity contribution in [3.63, 3.8) is 0 Å². The molecule has 69 heavy (non-hydrogen) atoms. The van der Waals surface area contributed by atoms with Crippen LogP contribution < -0.4 is 4.74 Å². The number of esters is 1. The van der Waals surface area contributed by atoms with Gasteiger partial charge in [-0.05, 0) is 126 Å². The van der Waals surface area contributed by atoms with Crippen LogP contribution in [0.5, 0.6) is 23.0 Å². The number of benzene rings is 4. The molecule has 9 rings (SSSR count). The molecule has 0 saturated heterocycles. The number of hydrogen-bond acceptors (Lipinski definition) is 7. The second kappa shape index (κ2) is 22.0. The lowest BCUT2D eigenvalue weighted by molar-refractivity contribution is -0.134. The molecule has 2 aliphatic rings. The van der Waals surface area contributed by atoms with Gasteiger partial charge in [0.1, 0.15) is 23.0 Å². The van der Waals surface area contributed by atoms with Gasteiger partial charge in [0.2, 0.25) is 0 Å². The monoisotopic (exact) mass is 916 g/mol. The summed E-state index contributed by atoms with van der Waals surface area (Å²) in [4.78, 5) is 31.3. The van der Waals surface area contributed by atoms with E-state index >= 15 is 0 Å². The van der Waals surface area contributed by atoms with Crippen molar-refractivity contribution in [3.8, 4) is 67.5 Å². The van der Waals surface area contributed by atoms with Crippen molar-refractivity contribution in [1.82, 2.24) is 19.9 Å². The average molecular weight is 917 g/mol. The third kappa shape index (κ3) is 11.2. The number of aromatic nitrogens is 4. The van der Waals surface area contributed by atoms with E-state index in [-0.39, 0.29) is 23.2 Å². The Hall–Kier alpha value is -7.65. The molecule has 5 heterocycles. The first-order valence-electron chi connectivity index (χ1n) is 24.7. The number of carbonyl (C=O) groups excluding carboxylic acids is 1. The number of rotatable bonds is 19. The zero-order valence-corrected chi connectivity index (χ0v) is 39.3. The summed E-state index contributed by atoms with van der Waals surface area (Å²) in [7, 11) is 0. The van der Waals surface area contributed by atoms with E-state index in [1.165, 1.54) is 64.2 Å². The number of phenols is 3. The number of aromatic hydroxyl groups is 3. The number of phenolic OH excluding ortho intramolecular Hbond substituents is 3. The van der Waals surface area contributed by atoms with Crippen molar-refractivity contribution in [2.75, 3.05) is 0 Å². The quantitative estimate of drug-likeness (QED) is 0.0309. The fraction of sp³-hybridized carbons (Fsp3) is 0.250. The van der Waals surface area contributed by atoms with Gasteiger partial charge < -0.3 is 30.0 Å². The Morgan fingerprint density at radius 1 is 0.435 bits per heavy atom. The number of hydrogen-bond donors (Lipinski definition) is 5. The predicted molar refractivity (Wildman–Crippen MR) is 282 cm³/mol. The number of aromatic amines is 2. The van der Waals surface area contributed by atoms with Gasteiger partial charge >= 0.3 is 5.97 Å². The maximum atomic E-state index is 13.3. The molecule has 4 aromatic carbocycles. The Kier molecular flexibility index (Phi) is 14.8. The highest BCUT2D eigenvalue weighted by molar-refractivity contribution is 6.00. The molecule has 5 N–H and O–H groups in total. The van der Waals surface area contributed by atoms with Crippen LogP contribution in [0.1, 0.15) is 120 Å². The summed E-state index contributed by atoms with van der Waals surface area (Å²) < 4.78 is 6.00. The van der Waals surface area contributed by atoms with Crippen LogP contribution >= 0.6 is 0 Å². The molecule has 0 fully saturated rings. The Morgan fingerprint density at radius 3 is 1.13 bits per heavy atom. The molecule has 7 aromatic rings. The summed E-state index contributed by atoms with van der Waals surface area (Å²) in [6.45, 7) is 2.26. The van der Waals surface area contributed by atoms with Crippen LogP contribution in [-0.2, 0) is 4.79 Å². The van der Waals surface area contributed by atoms with Gasteiger partial charge in [-0.15, -0.1) is 0 Å². The molecule has 9 nitrogen and oxygen atoms in total. The molecular weight excluding hydrogens is 857 g/mol. The first-order chi connectivity index (χ1) is 33.8. The highest BCUT2D eigenvalue weighted by atomic mass is 16.5. The van der Waals surface area contributed by atoms with E-state index < -0.39 is 0 Å². The lowest BCUT2D eigenvalue weighted by Gasteiger charge is -2.09. The van der Waals surface area contributed by atoms with E-state index in [1.54, 1.807) is 36.4 Å². The normalized spacial score (nSPS) is 11.9. The number of nitrogens with one attached hydrogen (secondary N) is 2. The molecular formula is C60H60N4O5. The van der Waals surface area contributed by atoms with Crippen LogP contribution in [0.15, 0.2) is 121 Å². The van der Waals surface area contributed by atoms with E-state index in [9.17, 15) is 20.1 Å². The molecule has 0 radical (unpaired) electrons. The highest BCUT2D eigenvalue weighted by Gasteiger charge is 2.20. The number of H-pyrrole nitrogens is 2. The third-order valence-corrected chi connectivity index (χ3v) is 13.0. The molecule has 0 atom stereocenters. The van der Waals surface area contributed by atoms with Gasteiger partial charge in [0.05, 0.1) is 22.8 Å². The van der Waals surface area contributed by atoms with Gasteiger partial charge in [-0.25, -0.2) is 9.97 Å². The molecule has 2 aliphatic heterocycles. The Labute approximate surface area is 404 Å². The number of fused-ring (bicyclic) bond motifs is 8. The molecule has 8 bridgehead atoms. The smallest absolute Gasteiger partial charge is 0.311 e. The van der Waals surface area contributed by atoms with Gasteiger partial charge in [-0.3, -0.25) is 4.79 Å². The molecule has 0 unspecified atom stereocenters. The van der Waals surface area contributed by atoms with Crippen LogP contribution in [-0.4, -0.2) is 41.2 Å². The van der Waals surface area contributed by atoms with E-state index in [1.807, 2.05) is 109 Å². The largest absolute Gasteiger partial charge is 0.508 e. The van der Waals surface area contributed by atoms with Gasteiger partial charge in [0, 0.05) is 50.7 Å². The number of ether oxygens (including phenoxy) is 1. The predicted octanol–water partition coefficient (Wildman–Crippen LogP) is 15.8. The average Bonchev–Trinajstić information content (AvgIpc) is 4.20. The van der Waals surface area contributed by atoms with Crippen LogP contribution in [0.4, 0.5) is 0 Å². The van der Waals surface area contributed by atoms with Crippen LogP contribution in [0.3, 0.4) is 0 Å². The van der Waals surface area contributed by atoms with E-state index in [0.717, 1.165) is 85.8 Å². The Morgan fingerprint density at radius 2 is 0.768 bits per heavy atom. The lowest BCUT2D eigenvalue weighted by atomic mass is 10.0.